The molecule has 0 saturated carbocycles. The van der Waals surface area contributed by atoms with Crippen molar-refractivity contribution in [3.63, 3.8) is 0 Å². The van der Waals surface area contributed by atoms with Gasteiger partial charge in [0.2, 0.25) is 5.91 Å². The van der Waals surface area contributed by atoms with Gasteiger partial charge in [-0.15, -0.1) is 12.4 Å². The number of carbonyl (C=O) groups is 1. The first-order valence-corrected chi connectivity index (χ1v) is 6.16. The maximum absolute atomic E-state index is 11.9. The Hall–Kier alpha value is -1.10. The second kappa shape index (κ2) is 8.91. The molecule has 1 amide bonds. The van der Waals surface area contributed by atoms with Crippen LogP contribution in [0.4, 0.5) is 0 Å². The minimum Gasteiger partial charge on any atom is -0.383 e. The molecule has 19 heavy (non-hydrogen) atoms. The van der Waals surface area contributed by atoms with Crippen molar-refractivity contribution in [3.8, 4) is 0 Å². The van der Waals surface area contributed by atoms with Gasteiger partial charge in [-0.05, 0) is 11.5 Å². The fourth-order valence-electron chi connectivity index (χ4n) is 1.81. The second-order valence-corrected chi connectivity index (χ2v) is 4.70. The standard InChI is InChI=1S/C14H22N2O2.ClH/c1-10(2)13(11-7-5-4-6-8-11)16-14(17)12(15)9-18-3;/h4-8,10,12-13H,9,15H2,1-3H3,(H,16,17);1H. The number of methoxy groups -OCH3 is 1. The normalized spacial score (nSPS) is 13.5. The molecule has 0 spiro atoms. The summed E-state index contributed by atoms with van der Waals surface area (Å²) in [6.07, 6.45) is 0. The summed E-state index contributed by atoms with van der Waals surface area (Å²) in [5.41, 5.74) is 6.81. The molecular formula is C14H23ClN2O2. The molecule has 0 fully saturated rings. The molecule has 0 aromatic heterocycles. The average Bonchev–Trinajstić information content (AvgIpc) is 2.36. The number of halogens is 1. The molecule has 1 rings (SSSR count). The Labute approximate surface area is 121 Å². The third-order valence-corrected chi connectivity index (χ3v) is 2.81. The highest BCUT2D eigenvalue weighted by Gasteiger charge is 2.21. The Morgan fingerprint density at radius 2 is 1.89 bits per heavy atom. The zero-order chi connectivity index (χ0) is 13.5. The molecule has 0 radical (unpaired) electrons. The third-order valence-electron chi connectivity index (χ3n) is 2.81. The van der Waals surface area contributed by atoms with Gasteiger partial charge in [-0.1, -0.05) is 44.2 Å². The van der Waals surface area contributed by atoms with Crippen molar-refractivity contribution in [1.82, 2.24) is 5.32 Å². The number of carbonyl (C=O) groups excluding carboxylic acids is 1. The monoisotopic (exact) mass is 286 g/mol. The summed E-state index contributed by atoms with van der Waals surface area (Å²) in [5.74, 6) is 0.116. The molecule has 2 unspecified atom stereocenters. The van der Waals surface area contributed by atoms with Crippen LogP contribution in [0, 0.1) is 5.92 Å². The van der Waals surface area contributed by atoms with E-state index in [0.717, 1.165) is 5.56 Å². The summed E-state index contributed by atoms with van der Waals surface area (Å²) in [4.78, 5) is 11.9. The van der Waals surface area contributed by atoms with Crippen LogP contribution in [0.2, 0.25) is 0 Å². The van der Waals surface area contributed by atoms with Crippen molar-refractivity contribution >= 4 is 18.3 Å². The topological polar surface area (TPSA) is 64.3 Å². The van der Waals surface area contributed by atoms with Crippen LogP contribution in [0.25, 0.3) is 0 Å². The van der Waals surface area contributed by atoms with E-state index in [4.69, 9.17) is 10.5 Å². The Balaban J connectivity index is 0.00000324. The van der Waals surface area contributed by atoms with Gasteiger partial charge in [-0.2, -0.15) is 0 Å². The molecule has 1 aromatic rings. The maximum atomic E-state index is 11.9. The Bertz CT molecular complexity index is 371. The van der Waals surface area contributed by atoms with Crippen LogP contribution >= 0.6 is 12.4 Å². The molecule has 0 aliphatic heterocycles. The van der Waals surface area contributed by atoms with Gasteiger partial charge in [0.05, 0.1) is 12.6 Å². The second-order valence-electron chi connectivity index (χ2n) is 4.70. The summed E-state index contributed by atoms with van der Waals surface area (Å²) in [6.45, 7) is 4.37. The first-order chi connectivity index (χ1) is 8.56. The van der Waals surface area contributed by atoms with Crippen molar-refractivity contribution < 1.29 is 9.53 Å². The lowest BCUT2D eigenvalue weighted by molar-refractivity contribution is -0.124. The third kappa shape index (κ3) is 5.59. The van der Waals surface area contributed by atoms with Crippen LogP contribution in [0.1, 0.15) is 25.5 Å². The van der Waals surface area contributed by atoms with Crippen molar-refractivity contribution in [2.45, 2.75) is 25.9 Å². The van der Waals surface area contributed by atoms with Gasteiger partial charge in [0, 0.05) is 7.11 Å². The summed E-state index contributed by atoms with van der Waals surface area (Å²) in [6, 6.07) is 9.25. The van der Waals surface area contributed by atoms with Gasteiger partial charge in [0.1, 0.15) is 6.04 Å². The Kier molecular flexibility index (Phi) is 8.39. The number of ether oxygens (including phenoxy) is 1. The summed E-state index contributed by atoms with van der Waals surface area (Å²) in [7, 11) is 1.53. The van der Waals surface area contributed by atoms with Crippen molar-refractivity contribution in [2.24, 2.45) is 11.7 Å². The van der Waals surface area contributed by atoms with E-state index in [1.807, 2.05) is 30.3 Å². The van der Waals surface area contributed by atoms with Crippen molar-refractivity contribution in [3.05, 3.63) is 35.9 Å². The number of amides is 1. The Morgan fingerprint density at radius 1 is 1.32 bits per heavy atom. The fourth-order valence-corrected chi connectivity index (χ4v) is 1.81. The molecule has 2 atom stereocenters. The fraction of sp³-hybridized carbons (Fsp3) is 0.500. The smallest absolute Gasteiger partial charge is 0.239 e. The number of nitrogens with one attached hydrogen (secondary N) is 1. The molecule has 0 saturated heterocycles. The molecule has 1 aromatic carbocycles. The lowest BCUT2D eigenvalue weighted by atomic mass is 9.96. The molecule has 0 heterocycles. The lowest BCUT2D eigenvalue weighted by Gasteiger charge is -2.24. The summed E-state index contributed by atoms with van der Waals surface area (Å²) < 4.78 is 4.89. The van der Waals surface area contributed by atoms with Crippen LogP contribution in [-0.2, 0) is 9.53 Å². The van der Waals surface area contributed by atoms with Crippen LogP contribution in [0.3, 0.4) is 0 Å². The van der Waals surface area contributed by atoms with Crippen LogP contribution in [0.5, 0.6) is 0 Å². The number of rotatable bonds is 6. The van der Waals surface area contributed by atoms with Gasteiger partial charge in [0.25, 0.3) is 0 Å². The van der Waals surface area contributed by atoms with E-state index in [-0.39, 0.29) is 31.0 Å². The molecule has 4 nitrogen and oxygen atoms in total. The van der Waals surface area contributed by atoms with Gasteiger partial charge >= 0.3 is 0 Å². The van der Waals surface area contributed by atoms with E-state index in [0.29, 0.717) is 5.92 Å². The summed E-state index contributed by atoms with van der Waals surface area (Å²) in [5, 5.41) is 2.97. The maximum Gasteiger partial charge on any atom is 0.239 e. The van der Waals surface area contributed by atoms with Crippen LogP contribution in [-0.4, -0.2) is 25.7 Å². The first kappa shape index (κ1) is 17.9. The molecule has 0 aliphatic carbocycles. The zero-order valence-corrected chi connectivity index (χ0v) is 12.4. The van der Waals surface area contributed by atoms with E-state index >= 15 is 0 Å². The minimum atomic E-state index is -0.625. The minimum absolute atomic E-state index is 0. The molecular weight excluding hydrogens is 264 g/mol. The number of benzene rings is 1. The van der Waals surface area contributed by atoms with Gasteiger partial charge in [-0.3, -0.25) is 4.79 Å². The van der Waals surface area contributed by atoms with Gasteiger partial charge < -0.3 is 15.8 Å². The van der Waals surface area contributed by atoms with E-state index in [9.17, 15) is 4.79 Å². The SMILES string of the molecule is COCC(N)C(=O)NC(c1ccccc1)C(C)C.Cl. The van der Waals surface area contributed by atoms with E-state index in [1.165, 1.54) is 7.11 Å². The van der Waals surface area contributed by atoms with E-state index < -0.39 is 6.04 Å². The number of hydrogen-bond donors (Lipinski definition) is 2. The molecule has 108 valence electrons. The first-order valence-electron chi connectivity index (χ1n) is 6.16. The number of hydrogen-bond acceptors (Lipinski definition) is 3. The predicted molar refractivity (Wildman–Crippen MR) is 79.3 cm³/mol. The van der Waals surface area contributed by atoms with Gasteiger partial charge in [-0.25, -0.2) is 0 Å². The molecule has 5 heteroatoms. The van der Waals surface area contributed by atoms with Gasteiger partial charge in [0.15, 0.2) is 0 Å². The predicted octanol–water partition coefficient (Wildman–Crippen LogP) is 1.90. The quantitative estimate of drug-likeness (QED) is 0.839. The molecule has 3 N–H and O–H groups in total. The highest BCUT2D eigenvalue weighted by molar-refractivity contribution is 5.85. The van der Waals surface area contributed by atoms with Crippen LogP contribution in [0.15, 0.2) is 30.3 Å². The van der Waals surface area contributed by atoms with Crippen molar-refractivity contribution in [1.29, 1.82) is 0 Å². The largest absolute Gasteiger partial charge is 0.383 e. The Morgan fingerprint density at radius 3 is 2.37 bits per heavy atom. The lowest BCUT2D eigenvalue weighted by Crippen LogP contribution is -2.45. The van der Waals surface area contributed by atoms with Crippen LogP contribution < -0.4 is 11.1 Å². The summed E-state index contributed by atoms with van der Waals surface area (Å²) >= 11 is 0. The average molecular weight is 287 g/mol. The van der Waals surface area contributed by atoms with Crippen molar-refractivity contribution in [2.75, 3.05) is 13.7 Å². The zero-order valence-electron chi connectivity index (χ0n) is 11.6. The highest BCUT2D eigenvalue weighted by atomic mass is 35.5. The molecule has 0 aliphatic rings. The number of nitrogens with two attached hydrogens (primary N) is 1. The highest BCUT2D eigenvalue weighted by Crippen LogP contribution is 2.21. The molecule has 0 bridgehead atoms. The van der Waals surface area contributed by atoms with E-state index in [1.54, 1.807) is 0 Å². The van der Waals surface area contributed by atoms with E-state index in [2.05, 4.69) is 19.2 Å².